The van der Waals surface area contributed by atoms with Crippen LogP contribution in [-0.4, -0.2) is 35.7 Å². The van der Waals surface area contributed by atoms with E-state index in [4.69, 9.17) is 4.74 Å². The van der Waals surface area contributed by atoms with Crippen LogP contribution in [0.2, 0.25) is 0 Å². The highest BCUT2D eigenvalue weighted by atomic mass is 16.5. The summed E-state index contributed by atoms with van der Waals surface area (Å²) >= 11 is 0. The van der Waals surface area contributed by atoms with Gasteiger partial charge in [-0.2, -0.15) is 0 Å². The maximum atomic E-state index is 11.9. The van der Waals surface area contributed by atoms with Gasteiger partial charge in [0, 0.05) is 0 Å². The van der Waals surface area contributed by atoms with E-state index >= 15 is 0 Å². The summed E-state index contributed by atoms with van der Waals surface area (Å²) in [6, 6.07) is 13.9. The first-order chi connectivity index (χ1) is 12.5. The zero-order valence-corrected chi connectivity index (χ0v) is 15.7. The van der Waals surface area contributed by atoms with Crippen LogP contribution in [0.4, 0.5) is 0 Å². The molecule has 1 aliphatic rings. The van der Waals surface area contributed by atoms with Gasteiger partial charge in [0.15, 0.2) is 0 Å². The topological polar surface area (TPSA) is 49.8 Å². The molecule has 1 saturated heterocycles. The highest BCUT2D eigenvalue weighted by Gasteiger charge is 2.35. The predicted molar refractivity (Wildman–Crippen MR) is 103 cm³/mol. The number of aryl methyl sites for hydroxylation is 2. The van der Waals surface area contributed by atoms with Gasteiger partial charge in [-0.1, -0.05) is 42.3 Å². The monoisotopic (exact) mass is 353 g/mol. The van der Waals surface area contributed by atoms with Gasteiger partial charge in [0.25, 0.3) is 0 Å². The number of hydrogen-bond donors (Lipinski definition) is 1. The Labute approximate surface area is 155 Å². The number of rotatable bonds is 5. The van der Waals surface area contributed by atoms with E-state index in [9.17, 15) is 9.90 Å². The second-order valence-electron chi connectivity index (χ2n) is 7.12. The third-order valence-corrected chi connectivity index (χ3v) is 5.31. The molecule has 138 valence electrons. The Kier molecular flexibility index (Phi) is 5.62. The van der Waals surface area contributed by atoms with Gasteiger partial charge < -0.3 is 9.84 Å². The Morgan fingerprint density at radius 2 is 1.88 bits per heavy atom. The predicted octanol–water partition coefficient (Wildman–Crippen LogP) is 4.34. The maximum Gasteiger partial charge on any atom is 0.320 e. The number of likely N-dealkylation sites (tertiary alicyclic amines) is 1. The van der Waals surface area contributed by atoms with Crippen molar-refractivity contribution in [3.8, 4) is 5.75 Å². The van der Waals surface area contributed by atoms with Crippen LogP contribution < -0.4 is 4.74 Å². The number of carboxylic acids is 1. The van der Waals surface area contributed by atoms with Crippen LogP contribution in [0.3, 0.4) is 0 Å². The maximum absolute atomic E-state index is 11.9. The van der Waals surface area contributed by atoms with Gasteiger partial charge in [0.2, 0.25) is 0 Å². The summed E-state index contributed by atoms with van der Waals surface area (Å²) in [6.45, 7) is 4.99. The molecule has 2 aromatic rings. The van der Waals surface area contributed by atoms with Crippen molar-refractivity contribution in [3.63, 3.8) is 0 Å². The van der Waals surface area contributed by atoms with E-state index in [-0.39, 0.29) is 6.04 Å². The van der Waals surface area contributed by atoms with Crippen molar-refractivity contribution in [1.29, 1.82) is 0 Å². The lowest BCUT2D eigenvalue weighted by Crippen LogP contribution is -2.47. The highest BCUT2D eigenvalue weighted by Crippen LogP contribution is 2.36. The molecule has 2 aromatic carbocycles. The molecule has 26 heavy (non-hydrogen) atoms. The Morgan fingerprint density at radius 3 is 2.50 bits per heavy atom. The van der Waals surface area contributed by atoms with Crippen LogP contribution in [0.5, 0.6) is 5.75 Å². The van der Waals surface area contributed by atoms with Crippen LogP contribution in [0.15, 0.2) is 42.5 Å². The molecule has 1 heterocycles. The third-order valence-electron chi connectivity index (χ3n) is 5.31. The minimum atomic E-state index is -0.729. The largest absolute Gasteiger partial charge is 0.497 e. The van der Waals surface area contributed by atoms with Gasteiger partial charge in [-0.25, -0.2) is 0 Å². The minimum Gasteiger partial charge on any atom is -0.497 e. The van der Waals surface area contributed by atoms with Crippen LogP contribution in [0, 0.1) is 13.8 Å². The molecule has 0 spiro atoms. The number of piperidine rings is 1. The smallest absolute Gasteiger partial charge is 0.320 e. The second-order valence-corrected chi connectivity index (χ2v) is 7.12. The minimum absolute atomic E-state index is 0.0668. The number of benzene rings is 2. The summed E-state index contributed by atoms with van der Waals surface area (Å²) in [7, 11) is 1.65. The number of hydrogen-bond acceptors (Lipinski definition) is 3. The summed E-state index contributed by atoms with van der Waals surface area (Å²) in [6.07, 6.45) is 2.70. The lowest BCUT2D eigenvalue weighted by atomic mass is 9.89. The molecule has 1 N–H and O–H groups in total. The molecule has 1 aliphatic heterocycles. The standard InChI is InChI=1S/C22H27NO3/c1-15-7-12-19(16(2)14-15)21(17-8-10-18(26-3)11-9-17)23-13-5-4-6-20(23)22(24)25/h7-12,14,20-21H,4-6,13H2,1-3H3,(H,24,25). The van der Waals surface area contributed by atoms with E-state index in [0.29, 0.717) is 6.42 Å². The van der Waals surface area contributed by atoms with E-state index in [1.54, 1.807) is 7.11 Å². The highest BCUT2D eigenvalue weighted by molar-refractivity contribution is 5.73. The molecule has 0 aliphatic carbocycles. The normalized spacial score (nSPS) is 19.1. The SMILES string of the molecule is COc1ccc(C(c2ccc(C)cc2C)N2CCCCC2C(=O)O)cc1. The van der Waals surface area contributed by atoms with Crippen LogP contribution in [0.1, 0.15) is 47.6 Å². The Balaban J connectivity index is 2.09. The Hall–Kier alpha value is -2.33. The van der Waals surface area contributed by atoms with Crippen LogP contribution in [0.25, 0.3) is 0 Å². The third kappa shape index (κ3) is 3.75. The number of nitrogens with zero attached hydrogens (tertiary/aromatic N) is 1. The first-order valence-electron chi connectivity index (χ1n) is 9.21. The van der Waals surface area contributed by atoms with Gasteiger partial charge in [0.05, 0.1) is 13.2 Å². The van der Waals surface area contributed by atoms with Crippen molar-refractivity contribution >= 4 is 5.97 Å². The summed E-state index contributed by atoms with van der Waals surface area (Å²) < 4.78 is 5.29. The summed E-state index contributed by atoms with van der Waals surface area (Å²) in [5.74, 6) is 0.0783. The van der Waals surface area contributed by atoms with Crippen molar-refractivity contribution in [2.75, 3.05) is 13.7 Å². The van der Waals surface area contributed by atoms with Gasteiger partial charge in [-0.15, -0.1) is 0 Å². The number of methoxy groups -OCH3 is 1. The first-order valence-corrected chi connectivity index (χ1v) is 9.21. The second kappa shape index (κ2) is 7.92. The van der Waals surface area contributed by atoms with E-state index in [1.165, 1.54) is 16.7 Å². The fraction of sp³-hybridized carbons (Fsp3) is 0.409. The van der Waals surface area contributed by atoms with Gasteiger partial charge >= 0.3 is 5.97 Å². The molecule has 0 bridgehead atoms. The molecule has 4 heteroatoms. The molecule has 0 amide bonds. The summed E-state index contributed by atoms with van der Waals surface area (Å²) in [4.78, 5) is 14.1. The number of ether oxygens (including phenoxy) is 1. The zero-order valence-electron chi connectivity index (χ0n) is 15.7. The van der Waals surface area contributed by atoms with E-state index < -0.39 is 12.0 Å². The molecule has 0 saturated carbocycles. The number of carbonyl (C=O) groups is 1. The number of aliphatic carboxylic acids is 1. The molecule has 0 aromatic heterocycles. The van der Waals surface area contributed by atoms with Crippen molar-refractivity contribution in [2.45, 2.75) is 45.2 Å². The molecule has 2 atom stereocenters. The van der Waals surface area contributed by atoms with Gasteiger partial charge in [0.1, 0.15) is 11.8 Å². The average molecular weight is 353 g/mol. The molecular weight excluding hydrogens is 326 g/mol. The zero-order chi connectivity index (χ0) is 18.7. The van der Waals surface area contributed by atoms with Crippen molar-refractivity contribution in [1.82, 2.24) is 4.90 Å². The summed E-state index contributed by atoms with van der Waals surface area (Å²) in [5.41, 5.74) is 4.69. The fourth-order valence-electron chi connectivity index (χ4n) is 4.00. The summed E-state index contributed by atoms with van der Waals surface area (Å²) in [5, 5.41) is 9.79. The van der Waals surface area contributed by atoms with E-state index in [1.807, 2.05) is 12.1 Å². The van der Waals surface area contributed by atoms with Crippen molar-refractivity contribution in [3.05, 3.63) is 64.7 Å². The van der Waals surface area contributed by atoms with Crippen molar-refractivity contribution in [2.24, 2.45) is 0 Å². The molecule has 4 nitrogen and oxygen atoms in total. The fourth-order valence-corrected chi connectivity index (χ4v) is 4.00. The van der Waals surface area contributed by atoms with Crippen LogP contribution >= 0.6 is 0 Å². The quantitative estimate of drug-likeness (QED) is 0.869. The molecular formula is C22H27NO3. The lowest BCUT2D eigenvalue weighted by molar-refractivity contribution is -0.145. The molecule has 1 fully saturated rings. The van der Waals surface area contributed by atoms with E-state index in [2.05, 4.69) is 49.1 Å². The average Bonchev–Trinajstić information content (AvgIpc) is 2.64. The van der Waals surface area contributed by atoms with Gasteiger partial charge in [-0.3, -0.25) is 9.69 Å². The molecule has 2 unspecified atom stereocenters. The van der Waals surface area contributed by atoms with Crippen molar-refractivity contribution < 1.29 is 14.6 Å². The number of carboxylic acid groups (broad SMARTS) is 1. The Morgan fingerprint density at radius 1 is 1.15 bits per heavy atom. The van der Waals surface area contributed by atoms with Gasteiger partial charge in [-0.05, 0) is 62.1 Å². The molecule has 0 radical (unpaired) electrons. The van der Waals surface area contributed by atoms with E-state index in [0.717, 1.165) is 30.7 Å². The van der Waals surface area contributed by atoms with Crippen LogP contribution in [-0.2, 0) is 4.79 Å². The first kappa shape index (κ1) is 18.5. The Bertz CT molecular complexity index is 769. The molecule has 3 rings (SSSR count). The lowest BCUT2D eigenvalue weighted by Gasteiger charge is -2.40.